The standard InChI is InChI=1S/C15H15N5O2/c21-11-3-1-2-10(8-11)13-17-14-12(9-16-19-14)15(18-13)20-4-6-22-7-5-20/h1-3,8-9,21H,4-7H2,(H,16,17,18,19). The number of hydrogen-bond acceptors (Lipinski definition) is 6. The molecule has 7 nitrogen and oxygen atoms in total. The number of H-pyrrole nitrogens is 1. The second kappa shape index (κ2) is 5.27. The molecule has 7 heteroatoms. The van der Waals surface area contributed by atoms with E-state index in [9.17, 15) is 5.11 Å². The van der Waals surface area contributed by atoms with Crippen molar-refractivity contribution in [2.24, 2.45) is 0 Å². The molecule has 1 aromatic carbocycles. The zero-order chi connectivity index (χ0) is 14.9. The van der Waals surface area contributed by atoms with E-state index in [-0.39, 0.29) is 5.75 Å². The topological polar surface area (TPSA) is 87.2 Å². The average molecular weight is 297 g/mol. The van der Waals surface area contributed by atoms with Gasteiger partial charge in [-0.05, 0) is 12.1 Å². The number of nitrogens with zero attached hydrogens (tertiary/aromatic N) is 4. The smallest absolute Gasteiger partial charge is 0.164 e. The van der Waals surface area contributed by atoms with E-state index in [2.05, 4.69) is 20.1 Å². The third-order valence-corrected chi connectivity index (χ3v) is 3.70. The minimum Gasteiger partial charge on any atom is -0.508 e. The van der Waals surface area contributed by atoms with Crippen LogP contribution in [0.15, 0.2) is 30.5 Å². The fourth-order valence-electron chi connectivity index (χ4n) is 2.61. The van der Waals surface area contributed by atoms with E-state index in [1.54, 1.807) is 24.4 Å². The monoisotopic (exact) mass is 297 g/mol. The third-order valence-electron chi connectivity index (χ3n) is 3.70. The van der Waals surface area contributed by atoms with Crippen LogP contribution in [0.25, 0.3) is 22.4 Å². The Kier molecular flexibility index (Phi) is 3.12. The van der Waals surface area contributed by atoms with Crippen LogP contribution in [-0.4, -0.2) is 51.6 Å². The number of anilines is 1. The third kappa shape index (κ3) is 2.25. The van der Waals surface area contributed by atoms with Gasteiger partial charge in [-0.25, -0.2) is 9.97 Å². The number of benzene rings is 1. The number of ether oxygens (including phenoxy) is 1. The lowest BCUT2D eigenvalue weighted by molar-refractivity contribution is 0.122. The van der Waals surface area contributed by atoms with Crippen molar-refractivity contribution in [3.8, 4) is 17.1 Å². The Morgan fingerprint density at radius 1 is 1.18 bits per heavy atom. The number of phenols is 1. The van der Waals surface area contributed by atoms with Crippen LogP contribution in [-0.2, 0) is 4.74 Å². The van der Waals surface area contributed by atoms with Gasteiger partial charge in [0.1, 0.15) is 11.6 Å². The SMILES string of the molecule is Oc1cccc(-c2nc(N3CCOCC3)c3cn[nH]c3n2)c1. The van der Waals surface area contributed by atoms with Gasteiger partial charge in [0.15, 0.2) is 11.5 Å². The highest BCUT2D eigenvalue weighted by Gasteiger charge is 2.19. The molecule has 3 aromatic rings. The lowest BCUT2D eigenvalue weighted by Gasteiger charge is -2.28. The second-order valence-corrected chi connectivity index (χ2v) is 5.15. The van der Waals surface area contributed by atoms with Gasteiger partial charge in [-0.2, -0.15) is 5.10 Å². The summed E-state index contributed by atoms with van der Waals surface area (Å²) in [4.78, 5) is 11.4. The molecular weight excluding hydrogens is 282 g/mol. The fraction of sp³-hybridized carbons (Fsp3) is 0.267. The lowest BCUT2D eigenvalue weighted by atomic mass is 10.2. The first-order valence-corrected chi connectivity index (χ1v) is 7.14. The van der Waals surface area contributed by atoms with Crippen LogP contribution in [0.4, 0.5) is 5.82 Å². The fourth-order valence-corrected chi connectivity index (χ4v) is 2.61. The molecule has 1 saturated heterocycles. The van der Waals surface area contributed by atoms with Crippen LogP contribution in [0.1, 0.15) is 0 Å². The Labute approximate surface area is 126 Å². The molecule has 0 amide bonds. The van der Waals surface area contributed by atoms with Gasteiger partial charge in [0, 0.05) is 18.7 Å². The molecule has 22 heavy (non-hydrogen) atoms. The number of nitrogens with one attached hydrogen (secondary N) is 1. The normalized spacial score (nSPS) is 15.4. The molecule has 0 aliphatic carbocycles. The molecule has 0 saturated carbocycles. The van der Waals surface area contributed by atoms with Crippen LogP contribution in [0.5, 0.6) is 5.75 Å². The molecule has 1 fully saturated rings. The molecule has 112 valence electrons. The molecule has 2 N–H and O–H groups in total. The first-order valence-electron chi connectivity index (χ1n) is 7.14. The Bertz CT molecular complexity index is 811. The Morgan fingerprint density at radius 2 is 2.05 bits per heavy atom. The maximum Gasteiger partial charge on any atom is 0.164 e. The van der Waals surface area contributed by atoms with Gasteiger partial charge in [-0.3, -0.25) is 5.10 Å². The highest BCUT2D eigenvalue weighted by Crippen LogP contribution is 2.28. The summed E-state index contributed by atoms with van der Waals surface area (Å²) in [5.74, 6) is 1.60. The van der Waals surface area contributed by atoms with E-state index in [0.717, 1.165) is 29.9 Å². The summed E-state index contributed by atoms with van der Waals surface area (Å²) < 4.78 is 5.40. The van der Waals surface area contributed by atoms with Crippen molar-refractivity contribution in [3.05, 3.63) is 30.5 Å². The molecule has 0 atom stereocenters. The van der Waals surface area contributed by atoms with Crippen molar-refractivity contribution < 1.29 is 9.84 Å². The van der Waals surface area contributed by atoms with Crippen LogP contribution in [0, 0.1) is 0 Å². The van der Waals surface area contributed by atoms with E-state index < -0.39 is 0 Å². The molecule has 1 aliphatic heterocycles. The predicted octanol–water partition coefficient (Wildman–Crippen LogP) is 1.56. The molecular formula is C15H15N5O2. The lowest BCUT2D eigenvalue weighted by Crippen LogP contribution is -2.37. The molecule has 0 spiro atoms. The van der Waals surface area contributed by atoms with Crippen LogP contribution >= 0.6 is 0 Å². The highest BCUT2D eigenvalue weighted by atomic mass is 16.5. The van der Waals surface area contributed by atoms with Gasteiger partial charge in [0.25, 0.3) is 0 Å². The number of aromatic nitrogens is 4. The molecule has 1 aliphatic rings. The van der Waals surface area contributed by atoms with Crippen molar-refractivity contribution in [2.45, 2.75) is 0 Å². The maximum atomic E-state index is 9.66. The minimum atomic E-state index is 0.193. The summed E-state index contributed by atoms with van der Waals surface area (Å²) in [6.07, 6.45) is 1.74. The van der Waals surface area contributed by atoms with Gasteiger partial charge in [-0.1, -0.05) is 12.1 Å². The van der Waals surface area contributed by atoms with Gasteiger partial charge >= 0.3 is 0 Å². The van der Waals surface area contributed by atoms with E-state index in [1.807, 2.05) is 6.07 Å². The van der Waals surface area contributed by atoms with Crippen molar-refractivity contribution in [1.82, 2.24) is 20.2 Å². The minimum absolute atomic E-state index is 0.193. The first kappa shape index (κ1) is 13.0. The van der Waals surface area contributed by atoms with E-state index in [0.29, 0.717) is 24.7 Å². The number of aromatic amines is 1. The van der Waals surface area contributed by atoms with Gasteiger partial charge in [0.2, 0.25) is 0 Å². The number of rotatable bonds is 2. The Hall–Kier alpha value is -2.67. The van der Waals surface area contributed by atoms with Crippen molar-refractivity contribution >= 4 is 16.9 Å². The first-order chi connectivity index (χ1) is 10.8. The molecule has 0 radical (unpaired) electrons. The van der Waals surface area contributed by atoms with Crippen LogP contribution in [0.3, 0.4) is 0 Å². The number of fused-ring (bicyclic) bond motifs is 1. The van der Waals surface area contributed by atoms with Crippen LogP contribution < -0.4 is 4.90 Å². The Morgan fingerprint density at radius 3 is 2.86 bits per heavy atom. The van der Waals surface area contributed by atoms with E-state index in [1.165, 1.54) is 0 Å². The Balaban J connectivity index is 1.86. The van der Waals surface area contributed by atoms with E-state index in [4.69, 9.17) is 9.72 Å². The maximum absolute atomic E-state index is 9.66. The number of morpholine rings is 1. The summed E-state index contributed by atoms with van der Waals surface area (Å²) in [5.41, 5.74) is 1.46. The average Bonchev–Trinajstić information content (AvgIpc) is 3.03. The number of hydrogen-bond donors (Lipinski definition) is 2. The van der Waals surface area contributed by atoms with E-state index >= 15 is 0 Å². The molecule has 0 unspecified atom stereocenters. The van der Waals surface area contributed by atoms with Gasteiger partial charge in [0.05, 0.1) is 24.8 Å². The van der Waals surface area contributed by atoms with Gasteiger partial charge in [-0.15, -0.1) is 0 Å². The summed E-state index contributed by atoms with van der Waals surface area (Å²) in [7, 11) is 0. The molecule has 4 rings (SSSR count). The largest absolute Gasteiger partial charge is 0.508 e. The summed E-state index contributed by atoms with van der Waals surface area (Å²) >= 11 is 0. The zero-order valence-corrected chi connectivity index (χ0v) is 11.9. The second-order valence-electron chi connectivity index (χ2n) is 5.15. The zero-order valence-electron chi connectivity index (χ0n) is 11.9. The number of phenolic OH excluding ortho intramolecular Hbond substituents is 1. The predicted molar refractivity (Wildman–Crippen MR) is 81.8 cm³/mol. The van der Waals surface area contributed by atoms with Crippen molar-refractivity contribution in [1.29, 1.82) is 0 Å². The van der Waals surface area contributed by atoms with Crippen molar-refractivity contribution in [2.75, 3.05) is 31.2 Å². The summed E-state index contributed by atoms with van der Waals surface area (Å²) in [6, 6.07) is 6.93. The van der Waals surface area contributed by atoms with Gasteiger partial charge < -0.3 is 14.7 Å². The molecule has 3 heterocycles. The highest BCUT2D eigenvalue weighted by molar-refractivity contribution is 5.88. The van der Waals surface area contributed by atoms with Crippen LogP contribution in [0.2, 0.25) is 0 Å². The van der Waals surface area contributed by atoms with Crippen molar-refractivity contribution in [3.63, 3.8) is 0 Å². The number of aromatic hydroxyl groups is 1. The summed E-state index contributed by atoms with van der Waals surface area (Å²) in [5, 5.41) is 17.5. The molecule has 2 aromatic heterocycles. The summed E-state index contributed by atoms with van der Waals surface area (Å²) in [6.45, 7) is 2.95. The molecule has 0 bridgehead atoms. The quantitative estimate of drug-likeness (QED) is 0.746.